The Morgan fingerprint density at radius 1 is 1.24 bits per heavy atom. The van der Waals surface area contributed by atoms with Gasteiger partial charge < -0.3 is 10.6 Å². The van der Waals surface area contributed by atoms with Gasteiger partial charge in [0.1, 0.15) is 0 Å². The second-order valence-electron chi connectivity index (χ2n) is 4.72. The number of carbonyl (C=O) groups excluding carboxylic acids is 1. The van der Waals surface area contributed by atoms with Gasteiger partial charge in [-0.3, -0.25) is 14.6 Å². The normalized spacial score (nSPS) is 10.2. The molecule has 0 atom stereocenters. The molecule has 3 N–H and O–H groups in total. The largest absolute Gasteiger partial charge is 0.326 e. The van der Waals surface area contributed by atoms with Gasteiger partial charge in [0.15, 0.2) is 0 Å². The summed E-state index contributed by atoms with van der Waals surface area (Å²) >= 11 is 0. The summed E-state index contributed by atoms with van der Waals surface area (Å²) in [6, 6.07) is 8.67. The van der Waals surface area contributed by atoms with Crippen LogP contribution in [0.5, 0.6) is 0 Å². The summed E-state index contributed by atoms with van der Waals surface area (Å²) < 4.78 is 0. The first-order valence-corrected chi connectivity index (χ1v) is 6.81. The fourth-order valence-electron chi connectivity index (χ4n) is 1.93. The fraction of sp³-hybridized carbons (Fsp3) is 0.267. The van der Waals surface area contributed by atoms with Crippen molar-refractivity contribution < 1.29 is 4.79 Å². The van der Waals surface area contributed by atoms with Crippen molar-refractivity contribution in [2.24, 2.45) is 0 Å². The van der Waals surface area contributed by atoms with E-state index in [1.165, 1.54) is 13.0 Å². The number of benzene rings is 1. The number of nitrogens with zero attached hydrogens (tertiary/aromatic N) is 1. The van der Waals surface area contributed by atoms with Crippen molar-refractivity contribution in [2.45, 2.75) is 26.7 Å². The van der Waals surface area contributed by atoms with Crippen LogP contribution in [0.15, 0.2) is 35.1 Å². The summed E-state index contributed by atoms with van der Waals surface area (Å²) in [6.07, 6.45) is 1.70. The third-order valence-electron chi connectivity index (χ3n) is 2.77. The van der Waals surface area contributed by atoms with E-state index in [9.17, 15) is 9.59 Å². The molecule has 1 amide bonds. The Hall–Kier alpha value is -2.63. The number of hydrogen-bond donors (Lipinski definition) is 3. The zero-order chi connectivity index (χ0) is 15.2. The number of aromatic amines is 1. The molecule has 0 bridgehead atoms. The average Bonchev–Trinajstić information content (AvgIpc) is 2.40. The molecule has 2 aromatic rings. The number of aryl methyl sites for hydroxylation is 1. The van der Waals surface area contributed by atoms with E-state index in [-0.39, 0.29) is 11.5 Å². The molecular formula is C15H18N4O2. The van der Waals surface area contributed by atoms with Crippen LogP contribution < -0.4 is 16.2 Å². The molecule has 1 aromatic heterocycles. The topological polar surface area (TPSA) is 86.9 Å². The lowest BCUT2D eigenvalue weighted by Gasteiger charge is -2.08. The summed E-state index contributed by atoms with van der Waals surface area (Å²) in [5.41, 5.74) is 2.08. The highest BCUT2D eigenvalue weighted by molar-refractivity contribution is 5.88. The van der Waals surface area contributed by atoms with Gasteiger partial charge in [0.05, 0.1) is 0 Å². The van der Waals surface area contributed by atoms with E-state index in [0.717, 1.165) is 24.2 Å². The summed E-state index contributed by atoms with van der Waals surface area (Å²) in [6.45, 7) is 3.50. The van der Waals surface area contributed by atoms with Crippen LogP contribution in [0.2, 0.25) is 0 Å². The lowest BCUT2D eigenvalue weighted by molar-refractivity contribution is -0.114. The number of anilines is 3. The minimum atomic E-state index is -0.175. The molecule has 1 aromatic carbocycles. The Bertz CT molecular complexity index is 677. The van der Waals surface area contributed by atoms with Gasteiger partial charge in [0.25, 0.3) is 5.56 Å². The average molecular weight is 286 g/mol. The van der Waals surface area contributed by atoms with Crippen LogP contribution in [-0.2, 0) is 11.2 Å². The Kier molecular flexibility index (Phi) is 4.71. The first-order valence-electron chi connectivity index (χ1n) is 6.81. The number of carbonyl (C=O) groups is 1. The first kappa shape index (κ1) is 14.8. The molecule has 1 heterocycles. The van der Waals surface area contributed by atoms with Crippen molar-refractivity contribution in [1.82, 2.24) is 9.97 Å². The summed E-state index contributed by atoms with van der Waals surface area (Å²) in [5.74, 6) is 0.298. The van der Waals surface area contributed by atoms with Gasteiger partial charge in [-0.25, -0.2) is 4.98 Å². The molecular weight excluding hydrogens is 268 g/mol. The predicted octanol–water partition coefficient (Wildman–Crippen LogP) is 2.42. The number of aromatic nitrogens is 2. The molecule has 0 aliphatic heterocycles. The number of rotatable bonds is 5. The molecule has 0 fully saturated rings. The smallest absolute Gasteiger partial charge is 0.252 e. The van der Waals surface area contributed by atoms with Gasteiger partial charge in [-0.15, -0.1) is 0 Å². The van der Waals surface area contributed by atoms with Crippen LogP contribution in [0, 0.1) is 0 Å². The third-order valence-corrected chi connectivity index (χ3v) is 2.77. The second kappa shape index (κ2) is 6.69. The SMILES string of the molecule is CCCc1cc(=O)[nH]c(Nc2ccc(NC(C)=O)cc2)n1. The second-order valence-corrected chi connectivity index (χ2v) is 4.72. The summed E-state index contributed by atoms with van der Waals surface area (Å²) in [7, 11) is 0. The first-order chi connectivity index (χ1) is 10.1. The Balaban J connectivity index is 2.14. The number of nitrogens with one attached hydrogen (secondary N) is 3. The van der Waals surface area contributed by atoms with Crippen molar-refractivity contribution in [3.8, 4) is 0 Å². The molecule has 2 rings (SSSR count). The number of hydrogen-bond acceptors (Lipinski definition) is 4. The van der Waals surface area contributed by atoms with Crippen LogP contribution in [0.1, 0.15) is 26.0 Å². The van der Waals surface area contributed by atoms with Crippen LogP contribution in [-0.4, -0.2) is 15.9 Å². The Morgan fingerprint density at radius 2 is 1.90 bits per heavy atom. The lowest BCUT2D eigenvalue weighted by Crippen LogP contribution is -2.12. The maximum absolute atomic E-state index is 11.6. The highest BCUT2D eigenvalue weighted by Crippen LogP contribution is 2.16. The van der Waals surface area contributed by atoms with Crippen molar-refractivity contribution in [2.75, 3.05) is 10.6 Å². The minimum Gasteiger partial charge on any atom is -0.326 e. The molecule has 6 heteroatoms. The highest BCUT2D eigenvalue weighted by atomic mass is 16.1. The molecule has 0 saturated carbocycles. The molecule has 0 saturated heterocycles. The van der Waals surface area contributed by atoms with E-state index in [0.29, 0.717) is 11.6 Å². The molecule has 0 radical (unpaired) electrons. The zero-order valence-corrected chi connectivity index (χ0v) is 12.1. The maximum Gasteiger partial charge on any atom is 0.252 e. The molecule has 0 unspecified atom stereocenters. The van der Waals surface area contributed by atoms with Crippen LogP contribution in [0.4, 0.5) is 17.3 Å². The van der Waals surface area contributed by atoms with Gasteiger partial charge in [0, 0.05) is 30.1 Å². The van der Waals surface area contributed by atoms with Crippen LogP contribution in [0.3, 0.4) is 0 Å². The highest BCUT2D eigenvalue weighted by Gasteiger charge is 2.02. The van der Waals surface area contributed by atoms with Gasteiger partial charge in [0.2, 0.25) is 11.9 Å². The maximum atomic E-state index is 11.6. The predicted molar refractivity (Wildman–Crippen MR) is 82.9 cm³/mol. The van der Waals surface area contributed by atoms with Crippen molar-refractivity contribution >= 4 is 23.2 Å². The third kappa shape index (κ3) is 4.45. The summed E-state index contributed by atoms with van der Waals surface area (Å²) in [4.78, 5) is 29.5. The molecule has 110 valence electrons. The number of H-pyrrole nitrogens is 1. The van der Waals surface area contributed by atoms with Crippen molar-refractivity contribution in [3.05, 3.63) is 46.4 Å². The standard InChI is InChI=1S/C15H18N4O2/c1-3-4-13-9-14(21)19-15(18-13)17-12-7-5-11(6-8-12)16-10(2)20/h5-9H,3-4H2,1-2H3,(H,16,20)(H2,17,18,19,21). The van der Waals surface area contributed by atoms with E-state index in [4.69, 9.17) is 0 Å². The zero-order valence-electron chi connectivity index (χ0n) is 12.1. The molecule has 0 spiro atoms. The van der Waals surface area contributed by atoms with Crippen molar-refractivity contribution in [3.63, 3.8) is 0 Å². The minimum absolute atomic E-state index is 0.117. The molecule has 0 aliphatic carbocycles. The summed E-state index contributed by atoms with van der Waals surface area (Å²) in [5, 5.41) is 5.74. The quantitative estimate of drug-likeness (QED) is 0.787. The fourth-order valence-corrected chi connectivity index (χ4v) is 1.93. The Morgan fingerprint density at radius 3 is 2.52 bits per heavy atom. The number of amides is 1. The van der Waals surface area contributed by atoms with Gasteiger partial charge in [-0.2, -0.15) is 0 Å². The van der Waals surface area contributed by atoms with E-state index in [2.05, 4.69) is 20.6 Å². The molecule has 0 aliphatic rings. The van der Waals surface area contributed by atoms with Crippen LogP contribution in [0.25, 0.3) is 0 Å². The Labute approximate surface area is 122 Å². The van der Waals surface area contributed by atoms with Crippen molar-refractivity contribution in [1.29, 1.82) is 0 Å². The van der Waals surface area contributed by atoms with E-state index >= 15 is 0 Å². The van der Waals surface area contributed by atoms with E-state index < -0.39 is 0 Å². The van der Waals surface area contributed by atoms with E-state index in [1.54, 1.807) is 24.3 Å². The van der Waals surface area contributed by atoms with Gasteiger partial charge in [-0.1, -0.05) is 13.3 Å². The van der Waals surface area contributed by atoms with E-state index in [1.807, 2.05) is 6.92 Å². The molecule has 21 heavy (non-hydrogen) atoms. The van der Waals surface area contributed by atoms with Gasteiger partial charge in [-0.05, 0) is 30.7 Å². The molecule has 6 nitrogen and oxygen atoms in total. The van der Waals surface area contributed by atoms with Gasteiger partial charge >= 0.3 is 0 Å². The lowest BCUT2D eigenvalue weighted by atomic mass is 10.2. The van der Waals surface area contributed by atoms with Crippen LogP contribution >= 0.6 is 0 Å². The monoisotopic (exact) mass is 286 g/mol.